The minimum absolute atomic E-state index is 0.0512. The van der Waals surface area contributed by atoms with Crippen LogP contribution in [0.1, 0.15) is 12.0 Å². The summed E-state index contributed by atoms with van der Waals surface area (Å²) >= 11 is 9.92. The number of halogens is 4. The third-order valence-corrected chi connectivity index (χ3v) is 8.30. The summed E-state index contributed by atoms with van der Waals surface area (Å²) in [5.41, 5.74) is 1.48. The van der Waals surface area contributed by atoms with Crippen LogP contribution in [-0.2, 0) is 10.0 Å². The van der Waals surface area contributed by atoms with Gasteiger partial charge in [-0.3, -0.25) is 4.99 Å². The standard InChI is InChI=1S/C22H21BrClF2N5O2S/c1-30(34(32,33)21-17(25)8-4-9-18(21)26)11-5-10-27-20-12-19(14-6-2-3-7-16(14)24)29-22-15(23)13-28-31(20)22/h2-4,6-9,12-13,15,22,27H,5,10-11H2,1H3. The molecule has 0 radical (unpaired) electrons. The van der Waals surface area contributed by atoms with E-state index in [-0.39, 0.29) is 17.5 Å². The first-order valence-electron chi connectivity index (χ1n) is 10.4. The fourth-order valence-electron chi connectivity index (χ4n) is 3.59. The Hall–Kier alpha value is -2.34. The summed E-state index contributed by atoms with van der Waals surface area (Å²) in [6.45, 7) is 0.433. The van der Waals surface area contributed by atoms with Crippen molar-refractivity contribution in [2.24, 2.45) is 10.1 Å². The third kappa shape index (κ3) is 4.88. The van der Waals surface area contributed by atoms with Gasteiger partial charge in [0.05, 0.1) is 10.5 Å². The number of allylic oxidation sites excluding steroid dienone is 1. The molecular formula is C22H21BrClF2N5O2S. The average molecular weight is 573 g/mol. The maximum atomic E-state index is 14.0. The molecule has 0 amide bonds. The second-order valence-corrected chi connectivity index (χ2v) is 11.1. The maximum absolute atomic E-state index is 14.0. The van der Waals surface area contributed by atoms with Crippen LogP contribution in [0.3, 0.4) is 0 Å². The first-order valence-corrected chi connectivity index (χ1v) is 13.1. The van der Waals surface area contributed by atoms with Crippen LogP contribution in [-0.4, -0.2) is 60.8 Å². The van der Waals surface area contributed by atoms with Crippen LogP contribution in [0.5, 0.6) is 0 Å². The van der Waals surface area contributed by atoms with Gasteiger partial charge >= 0.3 is 0 Å². The highest BCUT2D eigenvalue weighted by Gasteiger charge is 2.35. The van der Waals surface area contributed by atoms with E-state index in [9.17, 15) is 17.2 Å². The maximum Gasteiger partial charge on any atom is 0.248 e. The van der Waals surface area contributed by atoms with Crippen LogP contribution < -0.4 is 5.32 Å². The van der Waals surface area contributed by atoms with E-state index in [0.717, 1.165) is 28.1 Å². The van der Waals surface area contributed by atoms with Gasteiger partial charge in [0.25, 0.3) is 0 Å². The van der Waals surface area contributed by atoms with Gasteiger partial charge in [-0.05, 0) is 24.6 Å². The van der Waals surface area contributed by atoms with Gasteiger partial charge in [0, 0.05) is 43.0 Å². The minimum atomic E-state index is -4.31. The molecule has 0 fully saturated rings. The van der Waals surface area contributed by atoms with E-state index in [1.165, 1.54) is 7.05 Å². The number of benzene rings is 2. The van der Waals surface area contributed by atoms with Gasteiger partial charge in [0.2, 0.25) is 10.0 Å². The second kappa shape index (κ2) is 10.1. The summed E-state index contributed by atoms with van der Waals surface area (Å²) in [6, 6.07) is 10.4. The second-order valence-electron chi connectivity index (χ2n) is 7.65. The molecule has 0 aliphatic carbocycles. The van der Waals surface area contributed by atoms with Crippen LogP contribution in [0, 0.1) is 11.6 Å². The number of sulfonamides is 1. The molecular weight excluding hydrogens is 552 g/mol. The van der Waals surface area contributed by atoms with E-state index in [4.69, 9.17) is 16.6 Å². The van der Waals surface area contributed by atoms with Crippen LogP contribution in [0.15, 0.2) is 69.4 Å². The van der Waals surface area contributed by atoms with E-state index < -0.39 is 26.6 Å². The molecule has 34 heavy (non-hydrogen) atoms. The molecule has 2 unspecified atom stereocenters. The van der Waals surface area contributed by atoms with Crippen LogP contribution in [0.2, 0.25) is 5.02 Å². The molecule has 7 nitrogen and oxygen atoms in total. The zero-order valence-corrected chi connectivity index (χ0v) is 21.2. The molecule has 2 aliphatic rings. The lowest BCUT2D eigenvalue weighted by molar-refractivity contribution is 0.280. The number of rotatable bonds is 8. The Kier molecular flexibility index (Phi) is 7.36. The van der Waals surface area contributed by atoms with Crippen molar-refractivity contribution in [1.82, 2.24) is 14.6 Å². The fraction of sp³-hybridized carbons (Fsp3) is 0.273. The van der Waals surface area contributed by atoms with Gasteiger partial charge in [-0.1, -0.05) is 51.8 Å². The van der Waals surface area contributed by atoms with Crippen molar-refractivity contribution in [1.29, 1.82) is 0 Å². The number of hydrazone groups is 1. The lowest BCUT2D eigenvalue weighted by atomic mass is 10.1. The molecule has 4 rings (SSSR count). The Morgan fingerprint density at radius 1 is 1.18 bits per heavy atom. The smallest absolute Gasteiger partial charge is 0.248 e. The summed E-state index contributed by atoms with van der Waals surface area (Å²) < 4.78 is 54.2. The molecule has 2 aliphatic heterocycles. The number of hydrogen-bond acceptors (Lipinski definition) is 6. The molecule has 0 aromatic heterocycles. The van der Waals surface area contributed by atoms with Crippen molar-refractivity contribution in [3.63, 3.8) is 0 Å². The van der Waals surface area contributed by atoms with Crippen LogP contribution in [0.25, 0.3) is 0 Å². The van der Waals surface area contributed by atoms with Crippen molar-refractivity contribution in [3.05, 3.63) is 76.6 Å². The molecule has 12 heteroatoms. The van der Waals surface area contributed by atoms with Crippen molar-refractivity contribution < 1.29 is 17.2 Å². The van der Waals surface area contributed by atoms with Crippen LogP contribution in [0.4, 0.5) is 8.78 Å². The van der Waals surface area contributed by atoms with Gasteiger partial charge in [0.1, 0.15) is 17.5 Å². The van der Waals surface area contributed by atoms with E-state index in [2.05, 4.69) is 26.3 Å². The highest BCUT2D eigenvalue weighted by Crippen LogP contribution is 2.29. The van der Waals surface area contributed by atoms with Gasteiger partial charge in [-0.25, -0.2) is 26.5 Å². The fourth-order valence-corrected chi connectivity index (χ4v) is 5.58. The Labute approximate surface area is 210 Å². The van der Waals surface area contributed by atoms with E-state index in [1.54, 1.807) is 17.3 Å². The molecule has 2 heterocycles. The molecule has 0 saturated heterocycles. The van der Waals surface area contributed by atoms with E-state index >= 15 is 0 Å². The lowest BCUT2D eigenvalue weighted by Gasteiger charge is -2.30. The molecule has 2 atom stereocenters. The monoisotopic (exact) mass is 571 g/mol. The van der Waals surface area contributed by atoms with Crippen molar-refractivity contribution in [2.45, 2.75) is 22.3 Å². The third-order valence-electron chi connectivity index (χ3n) is 5.35. The van der Waals surface area contributed by atoms with E-state index in [1.807, 2.05) is 24.3 Å². The first kappa shape index (κ1) is 24.8. The predicted molar refractivity (Wildman–Crippen MR) is 132 cm³/mol. The largest absolute Gasteiger partial charge is 0.370 e. The predicted octanol–water partition coefficient (Wildman–Crippen LogP) is 3.95. The number of hydrogen-bond donors (Lipinski definition) is 1. The van der Waals surface area contributed by atoms with Crippen molar-refractivity contribution in [3.8, 4) is 0 Å². The van der Waals surface area contributed by atoms with Gasteiger partial charge in [-0.15, -0.1) is 0 Å². The Morgan fingerprint density at radius 2 is 1.88 bits per heavy atom. The number of nitrogens with one attached hydrogen (secondary N) is 1. The van der Waals surface area contributed by atoms with Crippen LogP contribution >= 0.6 is 27.5 Å². The topological polar surface area (TPSA) is 77.4 Å². The summed E-state index contributed by atoms with van der Waals surface area (Å²) in [4.78, 5) is 3.72. The zero-order valence-electron chi connectivity index (χ0n) is 18.0. The van der Waals surface area contributed by atoms with Gasteiger partial charge in [0.15, 0.2) is 11.1 Å². The summed E-state index contributed by atoms with van der Waals surface area (Å²) in [7, 11) is -3.02. The van der Waals surface area contributed by atoms with Crippen molar-refractivity contribution >= 4 is 49.5 Å². The minimum Gasteiger partial charge on any atom is -0.370 e. The summed E-state index contributed by atoms with van der Waals surface area (Å²) in [5.74, 6) is -1.56. The number of aliphatic imine (C=N–C) groups is 1. The lowest BCUT2D eigenvalue weighted by Crippen LogP contribution is -2.40. The van der Waals surface area contributed by atoms with E-state index in [0.29, 0.717) is 29.5 Å². The molecule has 0 spiro atoms. The molecule has 0 saturated carbocycles. The number of fused-ring (bicyclic) bond motifs is 1. The molecule has 180 valence electrons. The SMILES string of the molecule is CN(CCCNC1=CC(c2ccccc2Cl)=NC2C(Br)C=NN12)S(=O)(=O)c1c(F)cccc1F. The molecule has 2 aromatic carbocycles. The van der Waals surface area contributed by atoms with Gasteiger partial charge in [-0.2, -0.15) is 5.10 Å². The zero-order chi connectivity index (χ0) is 24.5. The summed E-state index contributed by atoms with van der Waals surface area (Å²) in [5, 5.41) is 9.95. The highest BCUT2D eigenvalue weighted by atomic mass is 79.9. The summed E-state index contributed by atoms with van der Waals surface area (Å²) in [6.07, 6.45) is 3.64. The highest BCUT2D eigenvalue weighted by molar-refractivity contribution is 9.10. The first-order chi connectivity index (χ1) is 16.2. The molecule has 0 bridgehead atoms. The Balaban J connectivity index is 1.44. The van der Waals surface area contributed by atoms with Gasteiger partial charge < -0.3 is 5.32 Å². The molecule has 2 aromatic rings. The Bertz CT molecular complexity index is 1270. The Morgan fingerprint density at radius 3 is 2.59 bits per heavy atom. The molecule has 1 N–H and O–H groups in total. The normalized spacial score (nSPS) is 19.8. The quantitative estimate of drug-likeness (QED) is 0.384. The van der Waals surface area contributed by atoms with Crippen molar-refractivity contribution in [2.75, 3.05) is 20.1 Å². The number of nitrogens with zero attached hydrogens (tertiary/aromatic N) is 4. The number of alkyl halides is 1. The average Bonchev–Trinajstić information content (AvgIpc) is 3.17.